The van der Waals surface area contributed by atoms with E-state index in [1.165, 1.54) is 12.1 Å². The highest BCUT2D eigenvalue weighted by Crippen LogP contribution is 2.30. The van der Waals surface area contributed by atoms with Gasteiger partial charge in [0.05, 0.1) is 5.88 Å². The third-order valence-corrected chi connectivity index (χ3v) is 4.26. The Morgan fingerprint density at radius 3 is 2.21 bits per heavy atom. The van der Waals surface area contributed by atoms with Crippen molar-refractivity contribution in [1.82, 2.24) is 9.55 Å². The Kier molecular flexibility index (Phi) is 3.25. The number of aromatic hydroxyl groups is 1. The molecule has 0 saturated carbocycles. The molecular formula is C18H11ClN2O3. The molecule has 0 amide bonds. The summed E-state index contributed by atoms with van der Waals surface area (Å²) in [6.45, 7) is 0. The second kappa shape index (κ2) is 5.32. The quantitative estimate of drug-likeness (QED) is 0.570. The molecule has 1 aromatic heterocycles. The Morgan fingerprint density at radius 1 is 0.958 bits per heavy atom. The Morgan fingerprint density at radius 2 is 1.58 bits per heavy atom. The zero-order chi connectivity index (χ0) is 16.8. The van der Waals surface area contributed by atoms with Gasteiger partial charge in [-0.15, -0.1) is 11.6 Å². The van der Waals surface area contributed by atoms with Crippen molar-refractivity contribution in [2.75, 3.05) is 0 Å². The van der Waals surface area contributed by atoms with Crippen LogP contribution in [0.15, 0.2) is 48.5 Å². The number of rotatable bonds is 2. The number of carbonyl (C=O) groups excluding carboxylic acids is 2. The fourth-order valence-corrected chi connectivity index (χ4v) is 3.12. The number of imidazole rings is 1. The minimum atomic E-state index is -0.288. The molecule has 1 aliphatic rings. The maximum absolute atomic E-state index is 12.9. The zero-order valence-corrected chi connectivity index (χ0v) is 13.1. The van der Waals surface area contributed by atoms with Crippen molar-refractivity contribution in [3.8, 4) is 11.4 Å². The number of hydrogen-bond donors (Lipinski definition) is 1. The number of hydrogen-bond acceptors (Lipinski definition) is 4. The van der Waals surface area contributed by atoms with Crippen molar-refractivity contribution in [1.29, 1.82) is 0 Å². The van der Waals surface area contributed by atoms with E-state index in [2.05, 4.69) is 4.98 Å². The summed E-state index contributed by atoms with van der Waals surface area (Å²) in [5, 5.41) is 9.47. The number of phenols is 1. The van der Waals surface area contributed by atoms with Crippen LogP contribution in [-0.4, -0.2) is 26.2 Å². The lowest BCUT2D eigenvalue weighted by Crippen LogP contribution is -2.23. The smallest absolute Gasteiger partial charge is 0.214 e. The third kappa shape index (κ3) is 1.98. The van der Waals surface area contributed by atoms with E-state index in [4.69, 9.17) is 11.6 Å². The SMILES string of the molecule is O=C1c2ccccc2C(=O)c2c1nc(CCl)n2-c1ccc(O)cc1. The number of halogens is 1. The third-order valence-electron chi connectivity index (χ3n) is 4.02. The molecule has 2 aromatic carbocycles. The molecule has 0 unspecified atom stereocenters. The largest absolute Gasteiger partial charge is 0.508 e. The maximum atomic E-state index is 12.9. The van der Waals surface area contributed by atoms with E-state index in [1.807, 2.05) is 0 Å². The molecule has 118 valence electrons. The van der Waals surface area contributed by atoms with E-state index in [1.54, 1.807) is 41.0 Å². The molecule has 0 fully saturated rings. The molecule has 24 heavy (non-hydrogen) atoms. The molecule has 0 spiro atoms. The highest BCUT2D eigenvalue weighted by atomic mass is 35.5. The number of fused-ring (bicyclic) bond motifs is 2. The average molecular weight is 339 g/mol. The highest BCUT2D eigenvalue weighted by Gasteiger charge is 2.35. The van der Waals surface area contributed by atoms with Gasteiger partial charge in [-0.1, -0.05) is 24.3 Å². The van der Waals surface area contributed by atoms with Crippen molar-refractivity contribution >= 4 is 23.2 Å². The molecular weight excluding hydrogens is 328 g/mol. The Labute approximate surface area is 142 Å². The Balaban J connectivity index is 2.01. The van der Waals surface area contributed by atoms with E-state index in [0.717, 1.165) is 0 Å². The van der Waals surface area contributed by atoms with Gasteiger partial charge in [0.2, 0.25) is 11.6 Å². The Hall–Kier alpha value is -2.92. The number of benzene rings is 2. The topological polar surface area (TPSA) is 72.2 Å². The lowest BCUT2D eigenvalue weighted by Gasteiger charge is -2.16. The summed E-state index contributed by atoms with van der Waals surface area (Å²) in [5.41, 5.74) is 1.64. The molecule has 6 heteroatoms. The number of carbonyl (C=O) groups is 2. The minimum absolute atomic E-state index is 0.0464. The fourth-order valence-electron chi connectivity index (χ4n) is 2.94. The van der Waals surface area contributed by atoms with Crippen molar-refractivity contribution in [3.05, 3.63) is 76.9 Å². The molecule has 1 aliphatic carbocycles. The predicted molar refractivity (Wildman–Crippen MR) is 88.1 cm³/mol. The lowest BCUT2D eigenvalue weighted by atomic mass is 9.90. The molecule has 0 bridgehead atoms. The van der Waals surface area contributed by atoms with Gasteiger partial charge < -0.3 is 5.11 Å². The number of alkyl halides is 1. The lowest BCUT2D eigenvalue weighted by molar-refractivity contribution is 0.0972. The van der Waals surface area contributed by atoms with Gasteiger partial charge in [-0.25, -0.2) is 4.98 Å². The molecule has 1 heterocycles. The van der Waals surface area contributed by atoms with Gasteiger partial charge in [0.1, 0.15) is 23.0 Å². The summed E-state index contributed by atoms with van der Waals surface area (Å²) in [6, 6.07) is 13.0. The van der Waals surface area contributed by atoms with E-state index in [9.17, 15) is 14.7 Å². The van der Waals surface area contributed by atoms with Crippen LogP contribution in [0.25, 0.3) is 5.69 Å². The first-order chi connectivity index (χ1) is 11.6. The normalized spacial score (nSPS) is 12.9. The van der Waals surface area contributed by atoms with Crippen molar-refractivity contribution in [2.45, 2.75) is 5.88 Å². The summed E-state index contributed by atoms with van der Waals surface area (Å²) >= 11 is 5.98. The molecule has 3 aromatic rings. The van der Waals surface area contributed by atoms with Crippen LogP contribution >= 0.6 is 11.6 Å². The van der Waals surface area contributed by atoms with Crippen LogP contribution in [0.2, 0.25) is 0 Å². The Bertz CT molecular complexity index is 990. The molecule has 0 atom stereocenters. The summed E-state index contributed by atoms with van der Waals surface area (Å²) in [5.74, 6) is 0.00104. The van der Waals surface area contributed by atoms with E-state index >= 15 is 0 Å². The van der Waals surface area contributed by atoms with Gasteiger partial charge in [-0.3, -0.25) is 14.2 Å². The van der Waals surface area contributed by atoms with Crippen LogP contribution in [0.5, 0.6) is 5.75 Å². The van der Waals surface area contributed by atoms with Crippen LogP contribution in [0.4, 0.5) is 0 Å². The molecule has 4 rings (SSSR count). The molecule has 1 N–H and O–H groups in total. The van der Waals surface area contributed by atoms with Crippen LogP contribution in [0.3, 0.4) is 0 Å². The molecule has 0 radical (unpaired) electrons. The number of phenolic OH excluding ortho intramolecular Hbond substituents is 1. The molecule has 0 saturated heterocycles. The summed E-state index contributed by atoms with van der Waals surface area (Å²) in [7, 11) is 0. The predicted octanol–water partition coefficient (Wildman–Crippen LogP) is 3.09. The van der Waals surface area contributed by atoms with E-state index in [-0.39, 0.29) is 34.6 Å². The van der Waals surface area contributed by atoms with Gasteiger partial charge in [0.15, 0.2) is 0 Å². The highest BCUT2D eigenvalue weighted by molar-refractivity contribution is 6.27. The van der Waals surface area contributed by atoms with Crippen LogP contribution in [0.1, 0.15) is 37.9 Å². The standard InChI is InChI=1S/C18H11ClN2O3/c19-9-14-20-15-16(21(14)10-5-7-11(22)8-6-10)18(24)13-4-2-1-3-12(13)17(15)23/h1-8,22H,9H2. The second-order valence-electron chi connectivity index (χ2n) is 5.41. The fraction of sp³-hybridized carbons (Fsp3) is 0.0556. The number of aromatic nitrogens is 2. The van der Waals surface area contributed by atoms with E-state index in [0.29, 0.717) is 22.6 Å². The van der Waals surface area contributed by atoms with Gasteiger partial charge >= 0.3 is 0 Å². The summed E-state index contributed by atoms with van der Waals surface area (Å²) in [6.07, 6.45) is 0. The van der Waals surface area contributed by atoms with Gasteiger partial charge in [-0.05, 0) is 24.3 Å². The summed E-state index contributed by atoms with van der Waals surface area (Å²) in [4.78, 5) is 29.9. The molecule has 0 aliphatic heterocycles. The molecule has 5 nitrogen and oxygen atoms in total. The van der Waals surface area contributed by atoms with Gasteiger partial charge in [-0.2, -0.15) is 0 Å². The maximum Gasteiger partial charge on any atom is 0.214 e. The van der Waals surface area contributed by atoms with Gasteiger partial charge in [0.25, 0.3) is 0 Å². The average Bonchev–Trinajstić information content (AvgIpc) is 3.00. The van der Waals surface area contributed by atoms with Gasteiger partial charge in [0, 0.05) is 16.8 Å². The van der Waals surface area contributed by atoms with Crippen LogP contribution in [0, 0.1) is 0 Å². The number of nitrogens with zero attached hydrogens (tertiary/aromatic N) is 2. The number of ketones is 2. The van der Waals surface area contributed by atoms with Crippen LogP contribution < -0.4 is 0 Å². The second-order valence-corrected chi connectivity index (χ2v) is 5.68. The van der Waals surface area contributed by atoms with Crippen LogP contribution in [-0.2, 0) is 5.88 Å². The summed E-state index contributed by atoms with van der Waals surface area (Å²) < 4.78 is 1.58. The first-order valence-corrected chi connectivity index (χ1v) is 7.80. The zero-order valence-electron chi connectivity index (χ0n) is 12.4. The minimum Gasteiger partial charge on any atom is -0.508 e. The van der Waals surface area contributed by atoms with Crippen molar-refractivity contribution in [2.24, 2.45) is 0 Å². The monoisotopic (exact) mass is 338 g/mol. The van der Waals surface area contributed by atoms with Crippen molar-refractivity contribution < 1.29 is 14.7 Å². The van der Waals surface area contributed by atoms with Crippen molar-refractivity contribution in [3.63, 3.8) is 0 Å². The first-order valence-electron chi connectivity index (χ1n) is 7.27. The first kappa shape index (κ1) is 14.7. The van der Waals surface area contributed by atoms with E-state index < -0.39 is 0 Å².